The van der Waals surface area contributed by atoms with Crippen LogP contribution in [-0.4, -0.2) is 114 Å². The van der Waals surface area contributed by atoms with Gasteiger partial charge in [-0.25, -0.2) is 0 Å². The molecular formula is C38H63BrCl2N8O4. The van der Waals surface area contributed by atoms with Crippen molar-refractivity contribution in [2.24, 2.45) is 21.5 Å². The number of aliphatic imine (C=N–C) groups is 2. The predicted octanol–water partition coefficient (Wildman–Crippen LogP) is 5.59. The zero-order valence-corrected chi connectivity index (χ0v) is 36.3. The molecule has 15 heteroatoms. The van der Waals surface area contributed by atoms with Gasteiger partial charge in [-0.1, -0.05) is 39.1 Å². The molecule has 0 radical (unpaired) electrons. The molecule has 0 saturated carbocycles. The number of nitrogens with one attached hydrogen (secondary N) is 3. The van der Waals surface area contributed by atoms with Gasteiger partial charge in [0.2, 0.25) is 0 Å². The van der Waals surface area contributed by atoms with Crippen molar-refractivity contribution in [1.29, 1.82) is 0 Å². The molecule has 0 aliphatic carbocycles. The number of rotatable bonds is 5. The zero-order valence-electron chi connectivity index (χ0n) is 33.2. The van der Waals surface area contributed by atoms with Gasteiger partial charge in [-0.3, -0.25) is 19.6 Å². The number of hydrogen-bond acceptors (Lipinski definition) is 12. The van der Waals surface area contributed by atoms with Crippen LogP contribution in [0.3, 0.4) is 0 Å². The summed E-state index contributed by atoms with van der Waals surface area (Å²) in [6.45, 7) is 22.6. The monoisotopic (exact) mass is 844 g/mol. The molecular weight excluding hydrogens is 783 g/mol. The number of nitrogens with zero attached hydrogens (tertiary/aromatic N) is 3. The van der Waals surface area contributed by atoms with Crippen LogP contribution in [-0.2, 0) is 9.59 Å². The first-order valence-corrected chi connectivity index (χ1v) is 19.3. The molecule has 12 nitrogen and oxygen atoms in total. The molecule has 53 heavy (non-hydrogen) atoms. The van der Waals surface area contributed by atoms with Gasteiger partial charge in [-0.05, 0) is 71.9 Å². The number of carbonyl (C=O) groups excluding carboxylic acids is 2. The minimum atomic E-state index is -0.380. The minimum absolute atomic E-state index is 0.380. The largest absolute Gasteiger partial charge is 0.495 e. The Bertz CT molecular complexity index is 1390. The summed E-state index contributed by atoms with van der Waals surface area (Å²) in [6.07, 6.45) is 0. The highest BCUT2D eigenvalue weighted by atomic mass is 79.9. The van der Waals surface area contributed by atoms with E-state index < -0.39 is 0 Å². The number of benzene rings is 2. The maximum atomic E-state index is 9.79. The minimum Gasteiger partial charge on any atom is -0.495 e. The van der Waals surface area contributed by atoms with Crippen molar-refractivity contribution in [3.63, 3.8) is 0 Å². The molecule has 5 rings (SSSR count). The third kappa shape index (κ3) is 21.2. The van der Waals surface area contributed by atoms with Crippen LogP contribution in [0.5, 0.6) is 11.5 Å². The standard InChI is InChI=1S/C13H19ClN2O.C7H6BrClO.C6H14N2.C6H10N2.C4H6O2.C2H8N2/c1-9-10(2)16(7-6-15-9)11-4-5-12(14)13(8-11)17-3;1-10-7-4-5(8)2-3-6(7)9;2*1-5-6(2)8-4-3-7-5;1-3(5)4(2)6;3-1-2-4/h4-5,8-10,15H,6-7H2,1-3H3;2-4H,1H3;5-8H,3-4H2,1-2H3;3-4H2,1-2H3;1-2H3;1-4H2/t9-,10+;;5-,6+;;;/m1...../s1. The van der Waals surface area contributed by atoms with E-state index in [-0.39, 0.29) is 11.6 Å². The Labute approximate surface area is 336 Å². The molecule has 3 aliphatic rings. The number of ether oxygens (including phenoxy) is 2. The molecule has 2 aromatic carbocycles. The lowest BCUT2D eigenvalue weighted by molar-refractivity contribution is -0.134. The molecule has 3 aliphatic heterocycles. The summed E-state index contributed by atoms with van der Waals surface area (Å²) in [4.78, 5) is 30.4. The van der Waals surface area contributed by atoms with Crippen LogP contribution in [0.2, 0.25) is 10.0 Å². The first-order chi connectivity index (χ1) is 25.0. The number of piperazine rings is 2. The summed E-state index contributed by atoms with van der Waals surface area (Å²) in [5, 5.41) is 11.5. The highest BCUT2D eigenvalue weighted by molar-refractivity contribution is 9.10. The third-order valence-corrected chi connectivity index (χ3v) is 9.52. The van der Waals surface area contributed by atoms with Crippen molar-refractivity contribution in [3.8, 4) is 11.5 Å². The van der Waals surface area contributed by atoms with Crippen molar-refractivity contribution < 1.29 is 19.1 Å². The summed E-state index contributed by atoms with van der Waals surface area (Å²) < 4.78 is 11.2. The molecule has 2 fully saturated rings. The lowest BCUT2D eigenvalue weighted by Crippen LogP contribution is -2.55. The predicted molar refractivity (Wildman–Crippen MR) is 228 cm³/mol. The van der Waals surface area contributed by atoms with E-state index in [1.54, 1.807) is 20.3 Å². The lowest BCUT2D eigenvalue weighted by atomic mass is 10.1. The van der Waals surface area contributed by atoms with Crippen molar-refractivity contribution in [2.75, 3.05) is 71.5 Å². The van der Waals surface area contributed by atoms with Crippen LogP contribution >= 0.6 is 39.1 Å². The number of carbonyl (C=O) groups is 2. The average Bonchev–Trinajstić information content (AvgIpc) is 3.14. The van der Waals surface area contributed by atoms with E-state index in [1.807, 2.05) is 38.1 Å². The molecule has 0 amide bonds. The number of anilines is 1. The fourth-order valence-electron chi connectivity index (χ4n) is 4.50. The van der Waals surface area contributed by atoms with Crippen LogP contribution in [0.4, 0.5) is 5.69 Å². The second-order valence-electron chi connectivity index (χ2n) is 12.4. The SMILES string of the molecule is CC(=O)C(C)=O.CC1=NCCN=C1C.COc1cc(Br)ccc1Cl.COc1cc(N2CCN[C@H](C)[C@@H]2C)ccc1Cl.C[C@@H]1NCCN[C@@H]1C.NCCN. The Morgan fingerprint density at radius 3 is 1.58 bits per heavy atom. The van der Waals surface area contributed by atoms with Gasteiger partial charge in [0.25, 0.3) is 0 Å². The quantitative estimate of drug-likeness (QED) is 0.239. The summed E-state index contributed by atoms with van der Waals surface area (Å²) in [5.41, 5.74) is 13.2. The first-order valence-electron chi connectivity index (χ1n) is 17.8. The molecule has 300 valence electrons. The summed E-state index contributed by atoms with van der Waals surface area (Å²) in [7, 11) is 3.24. The Morgan fingerprint density at radius 2 is 1.21 bits per heavy atom. The number of hydrogen-bond donors (Lipinski definition) is 5. The van der Waals surface area contributed by atoms with Gasteiger partial charge in [0, 0.05) is 93.5 Å². The molecule has 0 spiro atoms. The third-order valence-electron chi connectivity index (χ3n) is 8.41. The van der Waals surface area contributed by atoms with Crippen LogP contribution in [0.15, 0.2) is 50.9 Å². The van der Waals surface area contributed by atoms with E-state index in [0.29, 0.717) is 53.1 Å². The molecule has 2 aromatic rings. The second-order valence-corrected chi connectivity index (χ2v) is 14.1. The van der Waals surface area contributed by atoms with Gasteiger partial charge < -0.3 is 41.8 Å². The normalized spacial score (nSPS) is 20.2. The van der Waals surface area contributed by atoms with Gasteiger partial charge in [-0.2, -0.15) is 0 Å². The number of methoxy groups -OCH3 is 2. The van der Waals surface area contributed by atoms with Crippen molar-refractivity contribution in [1.82, 2.24) is 16.0 Å². The molecule has 0 unspecified atom stereocenters. The Morgan fingerprint density at radius 1 is 0.774 bits per heavy atom. The Hall–Kier alpha value is -2.62. The van der Waals surface area contributed by atoms with Crippen molar-refractivity contribution in [3.05, 3.63) is 50.9 Å². The molecule has 2 saturated heterocycles. The molecule has 4 atom stereocenters. The fraction of sp³-hybridized carbons (Fsp3) is 0.579. The Balaban J connectivity index is 0.000000653. The number of nitrogens with two attached hydrogens (primary N) is 2. The van der Waals surface area contributed by atoms with Gasteiger partial charge in [0.05, 0.1) is 48.8 Å². The van der Waals surface area contributed by atoms with Gasteiger partial charge >= 0.3 is 0 Å². The molecule has 0 aromatic heterocycles. The van der Waals surface area contributed by atoms with Gasteiger partial charge in [0.15, 0.2) is 11.6 Å². The summed E-state index contributed by atoms with van der Waals surface area (Å²) in [5.74, 6) is 0.670. The molecule has 3 heterocycles. The van der Waals surface area contributed by atoms with E-state index >= 15 is 0 Å². The highest BCUT2D eigenvalue weighted by Gasteiger charge is 2.24. The highest BCUT2D eigenvalue weighted by Crippen LogP contribution is 2.31. The maximum absolute atomic E-state index is 9.79. The summed E-state index contributed by atoms with van der Waals surface area (Å²) in [6, 6.07) is 13.7. The first kappa shape index (κ1) is 50.4. The van der Waals surface area contributed by atoms with Crippen molar-refractivity contribution in [2.45, 2.75) is 79.6 Å². The van der Waals surface area contributed by atoms with E-state index in [2.05, 4.69) is 80.5 Å². The van der Waals surface area contributed by atoms with Crippen LogP contribution in [0.25, 0.3) is 0 Å². The molecule has 0 bridgehead atoms. The maximum Gasteiger partial charge on any atom is 0.195 e. The molecule has 7 N–H and O–H groups in total. The smallest absolute Gasteiger partial charge is 0.195 e. The van der Waals surface area contributed by atoms with E-state index in [4.69, 9.17) is 44.1 Å². The topological polar surface area (TPSA) is 169 Å². The van der Waals surface area contributed by atoms with Gasteiger partial charge in [-0.15, -0.1) is 0 Å². The van der Waals surface area contributed by atoms with Crippen molar-refractivity contribution >= 4 is 67.8 Å². The second kappa shape index (κ2) is 28.8. The summed E-state index contributed by atoms with van der Waals surface area (Å²) >= 11 is 15.1. The number of ketones is 2. The van der Waals surface area contributed by atoms with Crippen LogP contribution in [0.1, 0.15) is 55.4 Å². The van der Waals surface area contributed by atoms with E-state index in [9.17, 15) is 9.59 Å². The number of halogens is 3. The Kier molecular flexibility index (Phi) is 27.4. The number of Topliss-reactive ketones (excluding diaryl/α,β-unsaturated/α-hetero) is 2. The van der Waals surface area contributed by atoms with Crippen LogP contribution < -0.4 is 41.8 Å². The van der Waals surface area contributed by atoms with Crippen LogP contribution in [0, 0.1) is 0 Å². The lowest BCUT2D eigenvalue weighted by Gasteiger charge is -2.40. The van der Waals surface area contributed by atoms with E-state index in [0.717, 1.165) is 60.9 Å². The average molecular weight is 847 g/mol. The zero-order chi connectivity index (χ0) is 40.5. The fourth-order valence-corrected chi connectivity index (χ4v) is 5.23. The van der Waals surface area contributed by atoms with E-state index in [1.165, 1.54) is 19.5 Å². The van der Waals surface area contributed by atoms with Gasteiger partial charge in [0.1, 0.15) is 11.5 Å².